The van der Waals surface area contributed by atoms with E-state index >= 15 is 0 Å². The van der Waals surface area contributed by atoms with Crippen molar-refractivity contribution < 1.29 is 4.79 Å². The maximum absolute atomic E-state index is 11.7. The number of carbonyl (C=O) groups is 1. The van der Waals surface area contributed by atoms with Crippen molar-refractivity contribution >= 4 is 12.1 Å². The molecule has 0 atom stereocenters. The van der Waals surface area contributed by atoms with E-state index in [1.54, 1.807) is 12.1 Å². The molecule has 0 unspecified atom stereocenters. The summed E-state index contributed by atoms with van der Waals surface area (Å²) in [6.07, 6.45) is 10.9. The fourth-order valence-electron chi connectivity index (χ4n) is 2.61. The maximum Gasteiger partial charge on any atom is 0.271 e. The number of benzene rings is 1. The van der Waals surface area contributed by atoms with Gasteiger partial charge in [-0.1, -0.05) is 50.3 Å². The van der Waals surface area contributed by atoms with E-state index in [0.29, 0.717) is 5.56 Å². The van der Waals surface area contributed by atoms with Gasteiger partial charge in [-0.25, -0.2) is 5.43 Å². The Labute approximate surface area is 115 Å². The Hall–Kier alpha value is -1.64. The molecule has 1 N–H and O–H groups in total. The lowest BCUT2D eigenvalue weighted by Gasteiger charge is -2.20. The third-order valence-corrected chi connectivity index (χ3v) is 3.72. The lowest BCUT2D eigenvalue weighted by molar-refractivity contribution is 0.0955. The number of hydrogen-bond donors (Lipinski definition) is 1. The SMILES string of the molecule is O=C(N/N=C\CCC1CCCCC1)c1ccccc1. The second-order valence-electron chi connectivity index (χ2n) is 5.20. The highest BCUT2D eigenvalue weighted by Gasteiger charge is 2.11. The summed E-state index contributed by atoms with van der Waals surface area (Å²) in [5.74, 6) is 0.722. The minimum absolute atomic E-state index is 0.144. The van der Waals surface area contributed by atoms with Crippen molar-refractivity contribution in [1.82, 2.24) is 5.43 Å². The molecule has 1 aromatic rings. The summed E-state index contributed by atoms with van der Waals surface area (Å²) >= 11 is 0. The van der Waals surface area contributed by atoms with Gasteiger partial charge in [0, 0.05) is 11.8 Å². The number of nitrogens with zero attached hydrogens (tertiary/aromatic N) is 1. The smallest absolute Gasteiger partial charge is 0.267 e. The topological polar surface area (TPSA) is 41.5 Å². The molecule has 3 nitrogen and oxygen atoms in total. The van der Waals surface area contributed by atoms with Crippen LogP contribution in [-0.2, 0) is 0 Å². The maximum atomic E-state index is 11.7. The molecule has 1 aromatic carbocycles. The number of hydrogen-bond acceptors (Lipinski definition) is 2. The van der Waals surface area contributed by atoms with Gasteiger partial charge in [0.2, 0.25) is 0 Å². The zero-order valence-corrected chi connectivity index (χ0v) is 11.3. The van der Waals surface area contributed by atoms with Crippen LogP contribution in [0.15, 0.2) is 35.4 Å². The first-order valence-electron chi connectivity index (χ1n) is 7.23. The highest BCUT2D eigenvalue weighted by atomic mass is 16.2. The molecule has 0 bridgehead atoms. The van der Waals surface area contributed by atoms with E-state index in [9.17, 15) is 4.79 Å². The number of hydrazone groups is 1. The van der Waals surface area contributed by atoms with Gasteiger partial charge >= 0.3 is 0 Å². The van der Waals surface area contributed by atoms with Gasteiger partial charge in [0.25, 0.3) is 5.91 Å². The molecule has 0 radical (unpaired) electrons. The quantitative estimate of drug-likeness (QED) is 0.634. The Kier molecular flexibility index (Phi) is 5.60. The van der Waals surface area contributed by atoms with E-state index in [-0.39, 0.29) is 5.91 Å². The highest BCUT2D eigenvalue weighted by Crippen LogP contribution is 2.26. The van der Waals surface area contributed by atoms with Crippen LogP contribution in [0, 0.1) is 5.92 Å². The second kappa shape index (κ2) is 7.72. The summed E-state index contributed by atoms with van der Waals surface area (Å²) in [5.41, 5.74) is 3.21. The van der Waals surface area contributed by atoms with Gasteiger partial charge < -0.3 is 0 Å². The third-order valence-electron chi connectivity index (χ3n) is 3.72. The molecule has 0 spiro atoms. The summed E-state index contributed by atoms with van der Waals surface area (Å²) in [6, 6.07) is 9.16. The minimum atomic E-state index is -0.144. The number of carbonyl (C=O) groups excluding carboxylic acids is 1. The van der Waals surface area contributed by atoms with Crippen molar-refractivity contribution in [2.45, 2.75) is 44.9 Å². The second-order valence-corrected chi connectivity index (χ2v) is 5.20. The Balaban J connectivity index is 1.65. The van der Waals surface area contributed by atoms with E-state index in [1.165, 1.54) is 38.5 Å². The average Bonchev–Trinajstić information content (AvgIpc) is 2.49. The molecule has 1 saturated carbocycles. The van der Waals surface area contributed by atoms with Crippen LogP contribution in [0.3, 0.4) is 0 Å². The molecular weight excluding hydrogens is 236 g/mol. The fraction of sp³-hybridized carbons (Fsp3) is 0.500. The van der Waals surface area contributed by atoms with Crippen molar-refractivity contribution in [1.29, 1.82) is 0 Å². The molecule has 1 fully saturated rings. The monoisotopic (exact) mass is 258 g/mol. The Morgan fingerprint density at radius 3 is 2.68 bits per heavy atom. The predicted molar refractivity (Wildman–Crippen MR) is 78.2 cm³/mol. The number of rotatable bonds is 5. The zero-order valence-electron chi connectivity index (χ0n) is 11.3. The van der Waals surface area contributed by atoms with Crippen molar-refractivity contribution in [3.8, 4) is 0 Å². The van der Waals surface area contributed by atoms with Crippen LogP contribution in [0.2, 0.25) is 0 Å². The van der Waals surface area contributed by atoms with E-state index in [2.05, 4.69) is 10.5 Å². The van der Waals surface area contributed by atoms with Gasteiger partial charge in [-0.15, -0.1) is 0 Å². The molecule has 102 valence electrons. The van der Waals surface area contributed by atoms with Gasteiger partial charge in [-0.2, -0.15) is 5.10 Å². The third kappa shape index (κ3) is 4.86. The van der Waals surface area contributed by atoms with Gasteiger partial charge in [0.1, 0.15) is 0 Å². The largest absolute Gasteiger partial charge is 0.271 e. The normalized spacial score (nSPS) is 16.6. The molecule has 0 heterocycles. The molecule has 2 rings (SSSR count). The first-order chi connectivity index (χ1) is 9.36. The number of amides is 1. The lowest BCUT2D eigenvalue weighted by atomic mass is 9.86. The summed E-state index contributed by atoms with van der Waals surface area (Å²) in [4.78, 5) is 11.7. The molecule has 0 saturated heterocycles. The average molecular weight is 258 g/mol. The van der Waals surface area contributed by atoms with Crippen LogP contribution >= 0.6 is 0 Å². The van der Waals surface area contributed by atoms with E-state index < -0.39 is 0 Å². The highest BCUT2D eigenvalue weighted by molar-refractivity contribution is 5.94. The summed E-state index contributed by atoms with van der Waals surface area (Å²) in [5, 5.41) is 4.01. The van der Waals surface area contributed by atoms with E-state index in [4.69, 9.17) is 0 Å². The van der Waals surface area contributed by atoms with Gasteiger partial charge in [-0.05, 0) is 30.9 Å². The van der Waals surface area contributed by atoms with Crippen molar-refractivity contribution in [3.05, 3.63) is 35.9 Å². The molecule has 19 heavy (non-hydrogen) atoms. The fourth-order valence-corrected chi connectivity index (χ4v) is 2.61. The Morgan fingerprint density at radius 1 is 1.21 bits per heavy atom. The van der Waals surface area contributed by atoms with Crippen LogP contribution in [0.5, 0.6) is 0 Å². The van der Waals surface area contributed by atoms with E-state index in [0.717, 1.165) is 12.3 Å². The van der Waals surface area contributed by atoms with Crippen molar-refractivity contribution in [3.63, 3.8) is 0 Å². The molecule has 0 aromatic heterocycles. The van der Waals surface area contributed by atoms with Gasteiger partial charge in [0.15, 0.2) is 0 Å². The molecule has 0 aliphatic heterocycles. The standard InChI is InChI=1S/C16H22N2O/c19-16(15-11-5-2-6-12-15)18-17-13-7-10-14-8-3-1-4-9-14/h2,5-6,11-14H,1,3-4,7-10H2,(H,18,19)/b17-13-. The predicted octanol–water partition coefficient (Wildman–Crippen LogP) is 3.76. The van der Waals surface area contributed by atoms with Crippen LogP contribution in [0.4, 0.5) is 0 Å². The van der Waals surface area contributed by atoms with Crippen molar-refractivity contribution in [2.24, 2.45) is 11.0 Å². The van der Waals surface area contributed by atoms with Gasteiger partial charge in [-0.3, -0.25) is 4.79 Å². The first-order valence-corrected chi connectivity index (χ1v) is 7.23. The molecule has 1 aliphatic carbocycles. The van der Waals surface area contributed by atoms with Gasteiger partial charge in [0.05, 0.1) is 0 Å². The zero-order chi connectivity index (χ0) is 13.3. The molecule has 1 amide bonds. The Bertz CT molecular complexity index is 408. The number of nitrogens with one attached hydrogen (secondary N) is 1. The minimum Gasteiger partial charge on any atom is -0.267 e. The van der Waals surface area contributed by atoms with E-state index in [1.807, 2.05) is 24.4 Å². The molecule has 1 aliphatic rings. The van der Waals surface area contributed by atoms with Crippen LogP contribution in [-0.4, -0.2) is 12.1 Å². The summed E-state index contributed by atoms with van der Waals surface area (Å²) in [6.45, 7) is 0. The van der Waals surface area contributed by atoms with Crippen LogP contribution in [0.1, 0.15) is 55.3 Å². The van der Waals surface area contributed by atoms with Crippen LogP contribution < -0.4 is 5.43 Å². The molecular formula is C16H22N2O. The Morgan fingerprint density at radius 2 is 1.95 bits per heavy atom. The lowest BCUT2D eigenvalue weighted by Crippen LogP contribution is -2.17. The molecule has 3 heteroatoms. The summed E-state index contributed by atoms with van der Waals surface area (Å²) in [7, 11) is 0. The first kappa shape index (κ1) is 13.8. The van der Waals surface area contributed by atoms with Crippen molar-refractivity contribution in [2.75, 3.05) is 0 Å². The van der Waals surface area contributed by atoms with Crippen LogP contribution in [0.25, 0.3) is 0 Å². The summed E-state index contributed by atoms with van der Waals surface area (Å²) < 4.78 is 0.